The second kappa shape index (κ2) is 7.30. The van der Waals surface area contributed by atoms with Crippen LogP contribution in [0.15, 0.2) is 24.3 Å². The van der Waals surface area contributed by atoms with E-state index in [-0.39, 0.29) is 18.5 Å². The number of rotatable bonds is 5. The number of nitrogens with zero attached hydrogens (tertiary/aromatic N) is 1. The Morgan fingerprint density at radius 3 is 2.59 bits per heavy atom. The summed E-state index contributed by atoms with van der Waals surface area (Å²) in [7, 11) is 0. The van der Waals surface area contributed by atoms with Gasteiger partial charge in [0, 0.05) is 19.6 Å². The smallest absolute Gasteiger partial charge is 0.416 e. The Balaban J connectivity index is 1.80. The molecule has 1 aromatic rings. The maximum Gasteiger partial charge on any atom is 0.416 e. The largest absolute Gasteiger partial charge is 0.491 e. The average molecular weight is 319 g/mol. The third kappa shape index (κ3) is 5.15. The first-order valence-electron chi connectivity index (χ1n) is 7.23. The lowest BCUT2D eigenvalue weighted by Gasteiger charge is -2.30. The van der Waals surface area contributed by atoms with E-state index in [0.717, 1.165) is 12.1 Å². The molecule has 2 rings (SSSR count). The van der Waals surface area contributed by atoms with Crippen molar-refractivity contribution < 1.29 is 28.1 Å². The zero-order chi connectivity index (χ0) is 16.2. The minimum Gasteiger partial charge on any atom is -0.491 e. The van der Waals surface area contributed by atoms with Gasteiger partial charge in [-0.2, -0.15) is 13.2 Å². The van der Waals surface area contributed by atoms with Crippen LogP contribution in [0.4, 0.5) is 13.2 Å². The summed E-state index contributed by atoms with van der Waals surface area (Å²) in [5.74, 6) is 0.0861. The fourth-order valence-corrected chi connectivity index (χ4v) is 2.41. The van der Waals surface area contributed by atoms with Gasteiger partial charge in [-0.25, -0.2) is 0 Å². The molecule has 0 amide bonds. The predicted octanol–water partition coefficient (Wildman–Crippen LogP) is 1.90. The standard InChI is InChI=1S/C15H20F3NO3/c16-15(17,18)11-2-1-3-14(8-11)22-10-13(21)9-19-6-4-12(20)5-7-19/h1-3,8,12-13,20-21H,4-7,9-10H2. The number of benzene rings is 1. The molecule has 1 saturated heterocycles. The molecule has 0 spiro atoms. The molecule has 0 radical (unpaired) electrons. The van der Waals surface area contributed by atoms with E-state index in [1.54, 1.807) is 0 Å². The highest BCUT2D eigenvalue weighted by Crippen LogP contribution is 2.31. The van der Waals surface area contributed by atoms with Crippen molar-refractivity contribution in [1.29, 1.82) is 0 Å². The molecular formula is C15H20F3NO3. The van der Waals surface area contributed by atoms with Crippen molar-refractivity contribution in [2.45, 2.75) is 31.2 Å². The first-order chi connectivity index (χ1) is 10.3. The zero-order valence-electron chi connectivity index (χ0n) is 12.1. The summed E-state index contributed by atoms with van der Waals surface area (Å²) in [6, 6.07) is 4.60. The summed E-state index contributed by atoms with van der Waals surface area (Å²) in [4.78, 5) is 2.01. The summed E-state index contributed by atoms with van der Waals surface area (Å²) in [5.41, 5.74) is -0.774. The molecule has 1 aliphatic rings. The number of aliphatic hydroxyl groups excluding tert-OH is 2. The molecule has 4 nitrogen and oxygen atoms in total. The maximum atomic E-state index is 12.6. The fourth-order valence-electron chi connectivity index (χ4n) is 2.41. The fraction of sp³-hybridized carbons (Fsp3) is 0.600. The van der Waals surface area contributed by atoms with Gasteiger partial charge in [-0.05, 0) is 31.0 Å². The molecule has 124 valence electrons. The minimum absolute atomic E-state index is 0.0691. The van der Waals surface area contributed by atoms with Crippen molar-refractivity contribution >= 4 is 0 Å². The van der Waals surface area contributed by atoms with E-state index in [1.165, 1.54) is 12.1 Å². The molecular weight excluding hydrogens is 299 g/mol. The lowest BCUT2D eigenvalue weighted by molar-refractivity contribution is -0.137. The first kappa shape index (κ1) is 17.1. The van der Waals surface area contributed by atoms with E-state index >= 15 is 0 Å². The molecule has 2 N–H and O–H groups in total. The monoisotopic (exact) mass is 319 g/mol. The van der Waals surface area contributed by atoms with E-state index in [9.17, 15) is 23.4 Å². The van der Waals surface area contributed by atoms with Crippen molar-refractivity contribution in [1.82, 2.24) is 4.90 Å². The number of piperidine rings is 1. The van der Waals surface area contributed by atoms with Crippen molar-refractivity contribution in [2.24, 2.45) is 0 Å². The topological polar surface area (TPSA) is 52.9 Å². The number of halogens is 3. The van der Waals surface area contributed by atoms with Crippen LogP contribution in [0.2, 0.25) is 0 Å². The van der Waals surface area contributed by atoms with Gasteiger partial charge in [-0.15, -0.1) is 0 Å². The van der Waals surface area contributed by atoms with Crippen LogP contribution in [-0.4, -0.2) is 53.6 Å². The Labute approximate surface area is 127 Å². The Bertz CT molecular complexity index is 473. The molecule has 0 bridgehead atoms. The van der Waals surface area contributed by atoms with Crippen molar-refractivity contribution in [3.63, 3.8) is 0 Å². The Morgan fingerprint density at radius 2 is 1.95 bits per heavy atom. The first-order valence-corrected chi connectivity index (χ1v) is 7.23. The van der Waals surface area contributed by atoms with Crippen LogP contribution in [-0.2, 0) is 6.18 Å². The van der Waals surface area contributed by atoms with E-state index in [0.29, 0.717) is 32.5 Å². The molecule has 1 fully saturated rings. The second-order valence-corrected chi connectivity index (χ2v) is 5.52. The number of alkyl halides is 3. The number of hydrogen-bond acceptors (Lipinski definition) is 4. The minimum atomic E-state index is -4.41. The maximum absolute atomic E-state index is 12.6. The van der Waals surface area contributed by atoms with Crippen LogP contribution in [0.3, 0.4) is 0 Å². The van der Waals surface area contributed by atoms with E-state index < -0.39 is 17.8 Å². The normalized spacial score (nSPS) is 19.1. The molecule has 22 heavy (non-hydrogen) atoms. The highest BCUT2D eigenvalue weighted by atomic mass is 19.4. The van der Waals surface area contributed by atoms with Crippen molar-refractivity contribution in [2.75, 3.05) is 26.2 Å². The van der Waals surface area contributed by atoms with Crippen LogP contribution in [0.5, 0.6) is 5.75 Å². The lowest BCUT2D eigenvalue weighted by Crippen LogP contribution is -2.41. The van der Waals surface area contributed by atoms with Crippen LogP contribution in [0.25, 0.3) is 0 Å². The van der Waals surface area contributed by atoms with Crippen LogP contribution < -0.4 is 4.74 Å². The van der Waals surface area contributed by atoms with Crippen LogP contribution >= 0.6 is 0 Å². The quantitative estimate of drug-likeness (QED) is 0.870. The molecule has 1 aromatic carbocycles. The van der Waals surface area contributed by atoms with Gasteiger partial charge in [0.25, 0.3) is 0 Å². The van der Waals surface area contributed by atoms with Crippen molar-refractivity contribution in [3.8, 4) is 5.75 Å². The Kier molecular flexibility index (Phi) is 5.66. The summed E-state index contributed by atoms with van der Waals surface area (Å²) in [6.45, 7) is 1.70. The summed E-state index contributed by atoms with van der Waals surface area (Å²) >= 11 is 0. The Morgan fingerprint density at radius 1 is 1.27 bits per heavy atom. The molecule has 7 heteroatoms. The van der Waals surface area contributed by atoms with Gasteiger partial charge >= 0.3 is 6.18 Å². The van der Waals surface area contributed by atoms with Gasteiger partial charge in [0.05, 0.1) is 11.7 Å². The van der Waals surface area contributed by atoms with Gasteiger partial charge in [-0.1, -0.05) is 6.07 Å². The van der Waals surface area contributed by atoms with Gasteiger partial charge < -0.3 is 19.8 Å². The highest BCUT2D eigenvalue weighted by Gasteiger charge is 2.30. The second-order valence-electron chi connectivity index (χ2n) is 5.52. The molecule has 1 unspecified atom stereocenters. The summed E-state index contributed by atoms with van der Waals surface area (Å²) in [5, 5.41) is 19.3. The van der Waals surface area contributed by atoms with Crippen LogP contribution in [0.1, 0.15) is 18.4 Å². The zero-order valence-corrected chi connectivity index (χ0v) is 12.1. The molecule has 0 aromatic heterocycles. The van der Waals surface area contributed by atoms with E-state index in [1.807, 2.05) is 4.90 Å². The highest BCUT2D eigenvalue weighted by molar-refractivity contribution is 5.30. The molecule has 1 aliphatic heterocycles. The van der Waals surface area contributed by atoms with Crippen LogP contribution in [0, 0.1) is 0 Å². The number of β-amino-alcohol motifs (C(OH)–C–C–N with tert-alkyl or cyclic N) is 1. The average Bonchev–Trinajstić information content (AvgIpc) is 2.47. The van der Waals surface area contributed by atoms with Gasteiger partial charge in [0.2, 0.25) is 0 Å². The third-order valence-electron chi connectivity index (χ3n) is 3.63. The number of ether oxygens (including phenoxy) is 1. The summed E-state index contributed by atoms with van der Waals surface area (Å²) < 4.78 is 43.0. The number of likely N-dealkylation sites (tertiary alicyclic amines) is 1. The van der Waals surface area contributed by atoms with E-state index in [4.69, 9.17) is 4.74 Å². The van der Waals surface area contributed by atoms with E-state index in [2.05, 4.69) is 0 Å². The molecule has 1 atom stereocenters. The van der Waals surface area contributed by atoms with Gasteiger partial charge in [0.1, 0.15) is 18.5 Å². The molecule has 1 heterocycles. The molecule has 0 aliphatic carbocycles. The van der Waals surface area contributed by atoms with Crippen molar-refractivity contribution in [3.05, 3.63) is 29.8 Å². The Hall–Kier alpha value is -1.31. The van der Waals surface area contributed by atoms with Gasteiger partial charge in [0.15, 0.2) is 0 Å². The number of hydrogen-bond donors (Lipinski definition) is 2. The summed E-state index contributed by atoms with van der Waals surface area (Å²) in [6.07, 6.45) is -4.14. The number of aliphatic hydroxyl groups is 2. The molecule has 0 saturated carbocycles. The lowest BCUT2D eigenvalue weighted by atomic mass is 10.1. The predicted molar refractivity (Wildman–Crippen MR) is 74.6 cm³/mol. The van der Waals surface area contributed by atoms with Gasteiger partial charge in [-0.3, -0.25) is 0 Å². The SMILES string of the molecule is OC1CCN(CC(O)COc2cccc(C(F)(F)F)c2)CC1. The third-order valence-corrected chi connectivity index (χ3v) is 3.63.